The lowest BCUT2D eigenvalue weighted by Gasteiger charge is -2.63. The second-order valence-electron chi connectivity index (χ2n) is 10.2. The first kappa shape index (κ1) is 16.9. The van der Waals surface area contributed by atoms with Gasteiger partial charge in [0.15, 0.2) is 0 Å². The van der Waals surface area contributed by atoms with Crippen LogP contribution >= 0.6 is 0 Å². The van der Waals surface area contributed by atoms with E-state index in [1.54, 1.807) is 24.7 Å². The first-order valence-electron chi connectivity index (χ1n) is 11.4. The molecule has 4 saturated carbocycles. The van der Waals surface area contributed by atoms with Gasteiger partial charge in [0, 0.05) is 18.1 Å². The molecule has 6 aliphatic rings. The van der Waals surface area contributed by atoms with E-state index >= 15 is 0 Å². The van der Waals surface area contributed by atoms with Crippen LogP contribution in [-0.2, 0) is 12.0 Å². The van der Waals surface area contributed by atoms with E-state index in [1.165, 1.54) is 51.5 Å². The molecule has 4 aliphatic carbocycles. The Morgan fingerprint density at radius 1 is 1.00 bits per heavy atom. The third-order valence-electron chi connectivity index (χ3n) is 8.95. The van der Waals surface area contributed by atoms with Gasteiger partial charge in [-0.15, -0.1) is 0 Å². The van der Waals surface area contributed by atoms with Crippen molar-refractivity contribution >= 4 is 0 Å². The van der Waals surface area contributed by atoms with Crippen LogP contribution in [0.15, 0.2) is 18.2 Å². The summed E-state index contributed by atoms with van der Waals surface area (Å²) < 4.78 is 5.55. The molecule has 4 bridgehead atoms. The zero-order valence-electron chi connectivity index (χ0n) is 16.8. The van der Waals surface area contributed by atoms with E-state index in [1.807, 2.05) is 0 Å². The summed E-state index contributed by atoms with van der Waals surface area (Å²) in [4.78, 5) is 3.07. The molecule has 5 fully saturated rings. The highest BCUT2D eigenvalue weighted by Crippen LogP contribution is 2.58. The molecule has 27 heavy (non-hydrogen) atoms. The predicted molar refractivity (Wildman–Crippen MR) is 108 cm³/mol. The Morgan fingerprint density at radius 3 is 2.37 bits per heavy atom. The van der Waals surface area contributed by atoms with Crippen LogP contribution in [-0.4, -0.2) is 37.7 Å². The standard InChI is InChI=1S/C24H34N2O/c1-27-21-2-3-22-18(15-21)4-9-26(24(22)5-7-25-8-6-24)23-19-11-16-10-17(13-19)14-20(23)12-16/h2-3,15-17,19-20,23,25H,4-14H2,1H3. The number of ether oxygens (including phenoxy) is 1. The van der Waals surface area contributed by atoms with E-state index < -0.39 is 0 Å². The summed E-state index contributed by atoms with van der Waals surface area (Å²) >= 11 is 0. The van der Waals surface area contributed by atoms with Gasteiger partial charge in [0.2, 0.25) is 0 Å². The van der Waals surface area contributed by atoms with Gasteiger partial charge in [-0.3, -0.25) is 4.90 Å². The van der Waals surface area contributed by atoms with Gasteiger partial charge in [-0.25, -0.2) is 0 Å². The van der Waals surface area contributed by atoms with Gasteiger partial charge in [0.05, 0.1) is 7.11 Å². The van der Waals surface area contributed by atoms with E-state index in [0.717, 1.165) is 48.6 Å². The molecule has 1 saturated heterocycles. The number of fused-ring (bicyclic) bond motifs is 2. The summed E-state index contributed by atoms with van der Waals surface area (Å²) in [6.07, 6.45) is 11.4. The molecule has 1 N–H and O–H groups in total. The number of hydrogen-bond acceptors (Lipinski definition) is 3. The molecule has 3 heteroatoms. The maximum absolute atomic E-state index is 5.55. The molecule has 146 valence electrons. The fourth-order valence-corrected chi connectivity index (χ4v) is 8.20. The minimum atomic E-state index is 0.269. The van der Waals surface area contributed by atoms with Crippen molar-refractivity contribution in [1.29, 1.82) is 0 Å². The number of piperidine rings is 1. The van der Waals surface area contributed by atoms with E-state index in [4.69, 9.17) is 4.74 Å². The summed E-state index contributed by atoms with van der Waals surface area (Å²) in [6, 6.07) is 7.81. The van der Waals surface area contributed by atoms with Gasteiger partial charge in [-0.2, -0.15) is 0 Å². The summed E-state index contributed by atoms with van der Waals surface area (Å²) in [6.45, 7) is 3.58. The lowest BCUT2D eigenvalue weighted by Crippen LogP contribution is -2.65. The van der Waals surface area contributed by atoms with Crippen LogP contribution in [0.1, 0.15) is 56.1 Å². The highest BCUT2D eigenvalue weighted by Gasteiger charge is 2.55. The second kappa shape index (κ2) is 6.22. The van der Waals surface area contributed by atoms with Gasteiger partial charge in [0.1, 0.15) is 5.75 Å². The molecule has 1 aromatic carbocycles. The number of rotatable bonds is 2. The minimum Gasteiger partial charge on any atom is -0.497 e. The number of benzene rings is 1. The van der Waals surface area contributed by atoms with Gasteiger partial charge in [-0.05, 0) is 111 Å². The van der Waals surface area contributed by atoms with E-state index in [2.05, 4.69) is 28.4 Å². The number of methoxy groups -OCH3 is 1. The van der Waals surface area contributed by atoms with Crippen molar-refractivity contribution in [3.05, 3.63) is 29.3 Å². The van der Waals surface area contributed by atoms with Gasteiger partial charge < -0.3 is 10.1 Å². The lowest BCUT2D eigenvalue weighted by atomic mass is 9.53. The molecule has 0 radical (unpaired) electrons. The molecule has 0 aromatic heterocycles. The predicted octanol–water partition coefficient (Wildman–Crippen LogP) is 3.96. The zero-order valence-corrected chi connectivity index (χ0v) is 16.8. The second-order valence-corrected chi connectivity index (χ2v) is 10.2. The molecule has 0 atom stereocenters. The molecule has 1 spiro atoms. The minimum absolute atomic E-state index is 0.269. The van der Waals surface area contributed by atoms with Gasteiger partial charge in [0.25, 0.3) is 0 Å². The monoisotopic (exact) mass is 366 g/mol. The molecular weight excluding hydrogens is 332 g/mol. The van der Waals surface area contributed by atoms with Crippen LogP contribution in [0, 0.1) is 23.7 Å². The summed E-state index contributed by atoms with van der Waals surface area (Å²) in [5.74, 6) is 5.12. The summed E-state index contributed by atoms with van der Waals surface area (Å²) in [5.41, 5.74) is 3.45. The summed E-state index contributed by atoms with van der Waals surface area (Å²) in [7, 11) is 1.80. The van der Waals surface area contributed by atoms with E-state index in [9.17, 15) is 0 Å². The maximum atomic E-state index is 5.55. The van der Waals surface area contributed by atoms with Crippen molar-refractivity contribution in [2.75, 3.05) is 26.7 Å². The molecule has 7 rings (SSSR count). The molecular formula is C24H34N2O. The Balaban J connectivity index is 1.41. The van der Waals surface area contributed by atoms with Crippen molar-refractivity contribution in [1.82, 2.24) is 10.2 Å². The van der Waals surface area contributed by atoms with Crippen LogP contribution in [0.25, 0.3) is 0 Å². The average molecular weight is 367 g/mol. The van der Waals surface area contributed by atoms with Crippen molar-refractivity contribution < 1.29 is 4.74 Å². The molecule has 1 aromatic rings. The van der Waals surface area contributed by atoms with E-state index in [0.29, 0.717) is 0 Å². The number of hydrogen-bond donors (Lipinski definition) is 1. The third-order valence-corrected chi connectivity index (χ3v) is 8.95. The Morgan fingerprint density at radius 2 is 1.70 bits per heavy atom. The van der Waals surface area contributed by atoms with Crippen LogP contribution < -0.4 is 10.1 Å². The fourth-order valence-electron chi connectivity index (χ4n) is 8.20. The normalized spacial score (nSPS) is 39.5. The first-order chi connectivity index (χ1) is 13.3. The molecule has 3 nitrogen and oxygen atoms in total. The molecule has 0 unspecified atom stereocenters. The Labute approximate surface area is 163 Å². The fraction of sp³-hybridized carbons (Fsp3) is 0.750. The van der Waals surface area contributed by atoms with Crippen molar-refractivity contribution in [2.24, 2.45) is 23.7 Å². The first-order valence-corrected chi connectivity index (χ1v) is 11.4. The highest BCUT2D eigenvalue weighted by molar-refractivity contribution is 5.43. The van der Waals surface area contributed by atoms with Gasteiger partial charge >= 0.3 is 0 Å². The lowest BCUT2D eigenvalue weighted by molar-refractivity contribution is -0.115. The quantitative estimate of drug-likeness (QED) is 0.857. The van der Waals surface area contributed by atoms with Crippen LogP contribution in [0.3, 0.4) is 0 Å². The number of nitrogens with zero attached hydrogens (tertiary/aromatic N) is 1. The van der Waals surface area contributed by atoms with E-state index in [-0.39, 0.29) is 5.54 Å². The Kier molecular flexibility index (Phi) is 3.88. The van der Waals surface area contributed by atoms with Crippen LogP contribution in [0.5, 0.6) is 5.75 Å². The van der Waals surface area contributed by atoms with Crippen LogP contribution in [0.4, 0.5) is 0 Å². The molecule has 2 heterocycles. The average Bonchev–Trinajstić information content (AvgIpc) is 2.69. The Hall–Kier alpha value is -1.06. The Bertz CT molecular complexity index is 695. The summed E-state index contributed by atoms with van der Waals surface area (Å²) in [5, 5.41) is 3.65. The van der Waals surface area contributed by atoms with Gasteiger partial charge in [-0.1, -0.05) is 6.07 Å². The molecule has 0 amide bonds. The highest BCUT2D eigenvalue weighted by atomic mass is 16.5. The maximum Gasteiger partial charge on any atom is 0.119 e. The zero-order chi connectivity index (χ0) is 18.0. The topological polar surface area (TPSA) is 24.5 Å². The smallest absolute Gasteiger partial charge is 0.119 e. The van der Waals surface area contributed by atoms with Crippen LogP contribution in [0.2, 0.25) is 0 Å². The third kappa shape index (κ3) is 2.47. The van der Waals surface area contributed by atoms with Crippen molar-refractivity contribution in [3.8, 4) is 5.75 Å². The van der Waals surface area contributed by atoms with Crippen molar-refractivity contribution in [3.63, 3.8) is 0 Å². The largest absolute Gasteiger partial charge is 0.497 e. The molecule has 2 aliphatic heterocycles. The number of nitrogens with one attached hydrogen (secondary N) is 1. The van der Waals surface area contributed by atoms with Crippen molar-refractivity contribution in [2.45, 2.75) is 62.9 Å². The SMILES string of the molecule is COc1ccc2c(c1)CCN(C1C3CC4CC(C3)CC1C4)C21CCNCC1.